The van der Waals surface area contributed by atoms with Crippen LogP contribution in [0.3, 0.4) is 0 Å². The van der Waals surface area contributed by atoms with Crippen LogP contribution < -0.4 is 0 Å². The molecule has 0 aromatic heterocycles. The number of phenolic OH excluding ortho intramolecular Hbond substituents is 1. The van der Waals surface area contributed by atoms with Crippen LogP contribution in [0.2, 0.25) is 0 Å². The molecule has 1 heterocycles. The molecule has 1 N–H and O–H groups in total. The first-order valence-electron chi connectivity index (χ1n) is 6.43. The first-order chi connectivity index (χ1) is 9.08. The molecular formula is C14H18BrNO3. The van der Waals surface area contributed by atoms with E-state index in [1.807, 2.05) is 0 Å². The maximum Gasteiger partial charge on any atom is 0.253 e. The standard InChI is InChI=1S/C14H18BrNO3/c1-16(9-11-4-2-3-7-19-11)14(18)10-5-6-12(15)13(17)8-10/h5-6,8,11,17H,2-4,7,9H2,1H3. The van der Waals surface area contributed by atoms with E-state index in [0.717, 1.165) is 25.9 Å². The summed E-state index contributed by atoms with van der Waals surface area (Å²) in [5.74, 6) is -0.0230. The Hall–Kier alpha value is -1.07. The third-order valence-corrected chi connectivity index (χ3v) is 3.96. The number of rotatable bonds is 3. The zero-order valence-corrected chi connectivity index (χ0v) is 12.5. The fourth-order valence-corrected chi connectivity index (χ4v) is 2.45. The van der Waals surface area contributed by atoms with Crippen molar-refractivity contribution in [1.82, 2.24) is 4.90 Å². The summed E-state index contributed by atoms with van der Waals surface area (Å²) in [4.78, 5) is 13.9. The summed E-state index contributed by atoms with van der Waals surface area (Å²) in [5, 5.41) is 9.61. The minimum atomic E-state index is -0.100. The molecule has 1 aromatic rings. The molecular weight excluding hydrogens is 310 g/mol. The van der Waals surface area contributed by atoms with Crippen molar-refractivity contribution in [2.45, 2.75) is 25.4 Å². The van der Waals surface area contributed by atoms with E-state index in [2.05, 4.69) is 15.9 Å². The third-order valence-electron chi connectivity index (χ3n) is 3.29. The monoisotopic (exact) mass is 327 g/mol. The van der Waals surface area contributed by atoms with Gasteiger partial charge in [0.05, 0.1) is 10.6 Å². The molecule has 19 heavy (non-hydrogen) atoms. The number of aromatic hydroxyl groups is 1. The van der Waals surface area contributed by atoms with E-state index in [9.17, 15) is 9.90 Å². The Labute approximate surface area is 121 Å². The molecule has 2 rings (SSSR count). The van der Waals surface area contributed by atoms with E-state index in [0.29, 0.717) is 16.6 Å². The van der Waals surface area contributed by atoms with Crippen molar-refractivity contribution in [1.29, 1.82) is 0 Å². The lowest BCUT2D eigenvalue weighted by atomic mass is 10.1. The fourth-order valence-electron chi connectivity index (χ4n) is 2.21. The van der Waals surface area contributed by atoms with Gasteiger partial charge in [-0.15, -0.1) is 0 Å². The van der Waals surface area contributed by atoms with Gasteiger partial charge in [0.25, 0.3) is 5.91 Å². The number of carbonyl (C=O) groups excluding carboxylic acids is 1. The Balaban J connectivity index is 1.99. The van der Waals surface area contributed by atoms with Gasteiger partial charge in [0.2, 0.25) is 0 Å². The Morgan fingerprint density at radius 2 is 2.32 bits per heavy atom. The first-order valence-corrected chi connectivity index (χ1v) is 7.23. The molecule has 4 nitrogen and oxygen atoms in total. The summed E-state index contributed by atoms with van der Waals surface area (Å²) >= 11 is 3.20. The van der Waals surface area contributed by atoms with Crippen molar-refractivity contribution in [2.24, 2.45) is 0 Å². The number of amides is 1. The van der Waals surface area contributed by atoms with Gasteiger partial charge in [0.15, 0.2) is 0 Å². The third kappa shape index (κ3) is 3.70. The van der Waals surface area contributed by atoms with Gasteiger partial charge in [-0.05, 0) is 53.4 Å². The van der Waals surface area contributed by atoms with Crippen LogP contribution in [-0.2, 0) is 4.74 Å². The number of halogens is 1. The first kappa shape index (κ1) is 14.3. The van der Waals surface area contributed by atoms with E-state index in [4.69, 9.17) is 4.74 Å². The SMILES string of the molecule is CN(CC1CCCCO1)C(=O)c1ccc(Br)c(O)c1. The van der Waals surface area contributed by atoms with Crippen molar-refractivity contribution in [3.05, 3.63) is 28.2 Å². The zero-order chi connectivity index (χ0) is 13.8. The van der Waals surface area contributed by atoms with E-state index < -0.39 is 0 Å². The molecule has 1 aromatic carbocycles. The van der Waals surface area contributed by atoms with Crippen molar-refractivity contribution < 1.29 is 14.6 Å². The van der Waals surface area contributed by atoms with Gasteiger partial charge in [-0.3, -0.25) is 4.79 Å². The summed E-state index contributed by atoms with van der Waals surface area (Å²) in [7, 11) is 1.76. The molecule has 1 aliphatic heterocycles. The number of benzene rings is 1. The molecule has 5 heteroatoms. The van der Waals surface area contributed by atoms with Crippen LogP contribution in [-0.4, -0.2) is 42.2 Å². The Kier molecular flexibility index (Phi) is 4.82. The maximum absolute atomic E-state index is 12.2. The lowest BCUT2D eigenvalue weighted by Crippen LogP contribution is -2.37. The lowest BCUT2D eigenvalue weighted by molar-refractivity contribution is -0.000191. The lowest BCUT2D eigenvalue weighted by Gasteiger charge is -2.27. The fraction of sp³-hybridized carbons (Fsp3) is 0.500. The Morgan fingerprint density at radius 1 is 1.53 bits per heavy atom. The summed E-state index contributed by atoms with van der Waals surface area (Å²) in [5.41, 5.74) is 0.485. The summed E-state index contributed by atoms with van der Waals surface area (Å²) in [6.07, 6.45) is 3.40. The van der Waals surface area contributed by atoms with Crippen LogP contribution in [0.15, 0.2) is 22.7 Å². The van der Waals surface area contributed by atoms with Crippen LogP contribution in [0.1, 0.15) is 29.6 Å². The van der Waals surface area contributed by atoms with Gasteiger partial charge in [0, 0.05) is 25.8 Å². The molecule has 0 spiro atoms. The van der Waals surface area contributed by atoms with Gasteiger partial charge >= 0.3 is 0 Å². The highest BCUT2D eigenvalue weighted by atomic mass is 79.9. The number of hydrogen-bond donors (Lipinski definition) is 1. The summed E-state index contributed by atoms with van der Waals surface area (Å²) < 4.78 is 6.21. The number of nitrogens with zero attached hydrogens (tertiary/aromatic N) is 1. The van der Waals surface area contributed by atoms with Crippen LogP contribution in [0.25, 0.3) is 0 Å². The molecule has 1 atom stereocenters. The second-order valence-electron chi connectivity index (χ2n) is 4.84. The molecule has 1 aliphatic rings. The minimum absolute atomic E-state index is 0.0770. The highest BCUT2D eigenvalue weighted by Crippen LogP contribution is 2.25. The number of phenols is 1. The molecule has 0 saturated carbocycles. The number of likely N-dealkylation sites (N-methyl/N-ethyl adjacent to an activating group) is 1. The van der Waals surface area contributed by atoms with Gasteiger partial charge < -0.3 is 14.7 Å². The van der Waals surface area contributed by atoms with Crippen molar-refractivity contribution in [3.63, 3.8) is 0 Å². The topological polar surface area (TPSA) is 49.8 Å². The quantitative estimate of drug-likeness (QED) is 0.928. The van der Waals surface area contributed by atoms with Crippen molar-refractivity contribution >= 4 is 21.8 Å². The van der Waals surface area contributed by atoms with Crippen LogP contribution in [0.4, 0.5) is 0 Å². The number of hydrogen-bond acceptors (Lipinski definition) is 3. The van der Waals surface area contributed by atoms with Crippen LogP contribution in [0, 0.1) is 0 Å². The smallest absolute Gasteiger partial charge is 0.253 e. The maximum atomic E-state index is 12.2. The molecule has 1 unspecified atom stereocenters. The van der Waals surface area contributed by atoms with E-state index in [-0.39, 0.29) is 17.8 Å². The number of carbonyl (C=O) groups is 1. The molecule has 0 radical (unpaired) electrons. The molecule has 104 valence electrons. The molecule has 1 saturated heterocycles. The predicted octanol–water partition coefficient (Wildman–Crippen LogP) is 2.80. The van der Waals surface area contributed by atoms with E-state index in [1.165, 1.54) is 6.07 Å². The molecule has 1 amide bonds. The summed E-state index contributed by atoms with van der Waals surface area (Å²) in [6.45, 7) is 1.38. The van der Waals surface area contributed by atoms with Crippen molar-refractivity contribution in [2.75, 3.05) is 20.2 Å². The highest BCUT2D eigenvalue weighted by molar-refractivity contribution is 9.10. The average molecular weight is 328 g/mol. The normalized spacial score (nSPS) is 19.2. The largest absolute Gasteiger partial charge is 0.507 e. The van der Waals surface area contributed by atoms with E-state index >= 15 is 0 Å². The van der Waals surface area contributed by atoms with Crippen LogP contribution in [0.5, 0.6) is 5.75 Å². The zero-order valence-electron chi connectivity index (χ0n) is 10.9. The summed E-state index contributed by atoms with van der Waals surface area (Å²) in [6, 6.07) is 4.85. The van der Waals surface area contributed by atoms with Crippen molar-refractivity contribution in [3.8, 4) is 5.75 Å². The second kappa shape index (κ2) is 6.39. The Morgan fingerprint density at radius 3 is 2.95 bits per heavy atom. The van der Waals surface area contributed by atoms with Gasteiger partial charge in [-0.1, -0.05) is 0 Å². The second-order valence-corrected chi connectivity index (χ2v) is 5.69. The van der Waals surface area contributed by atoms with Gasteiger partial charge in [0.1, 0.15) is 5.75 Å². The minimum Gasteiger partial charge on any atom is -0.507 e. The van der Waals surface area contributed by atoms with Crippen LogP contribution >= 0.6 is 15.9 Å². The highest BCUT2D eigenvalue weighted by Gasteiger charge is 2.20. The molecule has 0 bridgehead atoms. The van der Waals surface area contributed by atoms with Gasteiger partial charge in [-0.25, -0.2) is 0 Å². The Bertz CT molecular complexity index is 458. The molecule has 1 fully saturated rings. The predicted molar refractivity (Wildman–Crippen MR) is 76.4 cm³/mol. The number of ether oxygens (including phenoxy) is 1. The molecule has 0 aliphatic carbocycles. The van der Waals surface area contributed by atoms with E-state index in [1.54, 1.807) is 24.1 Å². The van der Waals surface area contributed by atoms with Gasteiger partial charge in [-0.2, -0.15) is 0 Å². The average Bonchev–Trinajstić information content (AvgIpc) is 2.42.